The summed E-state index contributed by atoms with van der Waals surface area (Å²) in [7, 11) is 0. The average Bonchev–Trinajstić information content (AvgIpc) is 2.30. The molecule has 0 radical (unpaired) electrons. The Balaban J connectivity index is 3.80. The molecule has 0 aliphatic rings. The Morgan fingerprint density at radius 3 is 2.50 bits per heavy atom. The normalized spacial score (nSPS) is 13.6. The largest absolute Gasteiger partial charge is 0.374 e. The van der Waals surface area contributed by atoms with Gasteiger partial charge in [0.1, 0.15) is 0 Å². The van der Waals surface area contributed by atoms with Crippen molar-refractivity contribution in [3.8, 4) is 0 Å². The van der Waals surface area contributed by atoms with Crippen molar-refractivity contribution in [2.45, 2.75) is 77.9 Å². The van der Waals surface area contributed by atoms with Crippen LogP contribution in [0.3, 0.4) is 0 Å². The molecule has 0 aliphatic carbocycles. The summed E-state index contributed by atoms with van der Waals surface area (Å²) >= 11 is 0. The van der Waals surface area contributed by atoms with Gasteiger partial charge in [-0.2, -0.15) is 0 Å². The van der Waals surface area contributed by atoms with Gasteiger partial charge in [0, 0.05) is 6.04 Å². The molecule has 0 heterocycles. The first-order chi connectivity index (χ1) is 8.49. The Hall–Kier alpha value is -0.340. The third-order valence-corrected chi connectivity index (χ3v) is 2.86. The van der Waals surface area contributed by atoms with Crippen LogP contribution in [0.5, 0.6) is 0 Å². The lowest BCUT2D eigenvalue weighted by molar-refractivity contribution is -0.0156. The first-order valence-corrected chi connectivity index (χ1v) is 7.48. The van der Waals surface area contributed by atoms with Gasteiger partial charge >= 0.3 is 0 Å². The summed E-state index contributed by atoms with van der Waals surface area (Å²) in [5, 5.41) is 3.59. The average molecular weight is 255 g/mol. The van der Waals surface area contributed by atoms with Crippen molar-refractivity contribution in [1.29, 1.82) is 0 Å². The Labute approximate surface area is 114 Å². The first-order valence-electron chi connectivity index (χ1n) is 7.48. The van der Waals surface area contributed by atoms with Gasteiger partial charge in [0.2, 0.25) is 0 Å². The monoisotopic (exact) mass is 255 g/mol. The second-order valence-electron chi connectivity index (χ2n) is 6.00. The van der Waals surface area contributed by atoms with Crippen LogP contribution in [0.4, 0.5) is 0 Å². The smallest absolute Gasteiger partial charge is 0.0626 e. The lowest BCUT2D eigenvalue weighted by atomic mass is 10.1. The van der Waals surface area contributed by atoms with Crippen LogP contribution in [0.15, 0.2) is 12.7 Å². The minimum atomic E-state index is -0.0328. The fraction of sp³-hybridized carbons (Fsp3) is 0.875. The molecule has 1 atom stereocenters. The molecule has 0 saturated heterocycles. The van der Waals surface area contributed by atoms with E-state index in [0.29, 0.717) is 6.04 Å². The van der Waals surface area contributed by atoms with Crippen molar-refractivity contribution in [2.75, 3.05) is 13.2 Å². The molecule has 0 saturated carbocycles. The fourth-order valence-electron chi connectivity index (χ4n) is 1.80. The van der Waals surface area contributed by atoms with E-state index >= 15 is 0 Å². The van der Waals surface area contributed by atoms with Crippen LogP contribution in [0.25, 0.3) is 0 Å². The van der Waals surface area contributed by atoms with Gasteiger partial charge in [0.15, 0.2) is 0 Å². The minimum Gasteiger partial charge on any atom is -0.374 e. The lowest BCUT2D eigenvalue weighted by Gasteiger charge is -2.25. The molecule has 18 heavy (non-hydrogen) atoms. The number of allylic oxidation sites excluding steroid dienone is 1. The highest BCUT2D eigenvalue weighted by molar-refractivity contribution is 4.70. The summed E-state index contributed by atoms with van der Waals surface area (Å²) in [6.07, 6.45) is 9.40. The van der Waals surface area contributed by atoms with Gasteiger partial charge in [0.25, 0.3) is 0 Å². The summed E-state index contributed by atoms with van der Waals surface area (Å²) in [5.41, 5.74) is -0.0328. The van der Waals surface area contributed by atoms with Crippen molar-refractivity contribution in [1.82, 2.24) is 5.32 Å². The molecule has 1 N–H and O–H groups in total. The Bertz CT molecular complexity index is 196. The molecule has 1 unspecified atom stereocenters. The van der Waals surface area contributed by atoms with Gasteiger partial charge in [-0.3, -0.25) is 0 Å². The standard InChI is InChI=1S/C16H33NO/c1-6-8-9-10-11-12-15(17-13-7-2)14-18-16(3,4)5/h6,15,17H,1,7-14H2,2-5H3. The molecular weight excluding hydrogens is 222 g/mol. The summed E-state index contributed by atoms with van der Waals surface area (Å²) in [5.74, 6) is 0. The zero-order valence-electron chi connectivity index (χ0n) is 12.9. The maximum atomic E-state index is 5.89. The molecule has 2 heteroatoms. The number of hydrogen-bond donors (Lipinski definition) is 1. The molecule has 0 aliphatic heterocycles. The number of ether oxygens (including phenoxy) is 1. The molecule has 0 aromatic heterocycles. The highest BCUT2D eigenvalue weighted by Crippen LogP contribution is 2.11. The predicted molar refractivity (Wildman–Crippen MR) is 81.1 cm³/mol. The van der Waals surface area contributed by atoms with E-state index in [0.717, 1.165) is 19.6 Å². The van der Waals surface area contributed by atoms with E-state index in [-0.39, 0.29) is 5.60 Å². The van der Waals surface area contributed by atoms with E-state index < -0.39 is 0 Å². The van der Waals surface area contributed by atoms with E-state index in [4.69, 9.17) is 4.74 Å². The molecule has 0 fully saturated rings. The van der Waals surface area contributed by atoms with Gasteiger partial charge in [-0.25, -0.2) is 0 Å². The van der Waals surface area contributed by atoms with Crippen molar-refractivity contribution < 1.29 is 4.74 Å². The quantitative estimate of drug-likeness (QED) is 0.439. The van der Waals surface area contributed by atoms with Crippen molar-refractivity contribution >= 4 is 0 Å². The van der Waals surface area contributed by atoms with Gasteiger partial charge in [0.05, 0.1) is 12.2 Å². The summed E-state index contributed by atoms with van der Waals surface area (Å²) < 4.78 is 5.89. The van der Waals surface area contributed by atoms with Crippen LogP contribution in [0.1, 0.15) is 66.2 Å². The van der Waals surface area contributed by atoms with Crippen LogP contribution in [-0.4, -0.2) is 24.8 Å². The molecule has 0 bridgehead atoms. The molecule has 0 rings (SSSR count). The fourth-order valence-corrected chi connectivity index (χ4v) is 1.80. The minimum absolute atomic E-state index is 0.0328. The van der Waals surface area contributed by atoms with E-state index in [1.807, 2.05) is 6.08 Å². The number of rotatable bonds is 11. The molecule has 0 aromatic carbocycles. The molecular formula is C16H33NO. The number of unbranched alkanes of at least 4 members (excludes halogenated alkanes) is 3. The summed E-state index contributed by atoms with van der Waals surface area (Å²) in [6.45, 7) is 14.2. The highest BCUT2D eigenvalue weighted by atomic mass is 16.5. The van der Waals surface area contributed by atoms with E-state index in [2.05, 4.69) is 39.6 Å². The predicted octanol–water partition coefficient (Wildman–Crippen LogP) is 4.31. The maximum Gasteiger partial charge on any atom is 0.0626 e. The number of hydrogen-bond acceptors (Lipinski definition) is 2. The van der Waals surface area contributed by atoms with E-state index in [9.17, 15) is 0 Å². The SMILES string of the molecule is C=CCCCCCC(COC(C)(C)C)NCCC. The summed E-state index contributed by atoms with van der Waals surface area (Å²) in [6, 6.07) is 0.507. The molecule has 0 spiro atoms. The lowest BCUT2D eigenvalue weighted by Crippen LogP contribution is -2.37. The van der Waals surface area contributed by atoms with Crippen LogP contribution in [0.2, 0.25) is 0 Å². The van der Waals surface area contributed by atoms with E-state index in [1.54, 1.807) is 0 Å². The van der Waals surface area contributed by atoms with Crippen molar-refractivity contribution in [3.63, 3.8) is 0 Å². The van der Waals surface area contributed by atoms with Crippen LogP contribution < -0.4 is 5.32 Å². The van der Waals surface area contributed by atoms with Gasteiger partial charge < -0.3 is 10.1 Å². The maximum absolute atomic E-state index is 5.89. The zero-order valence-corrected chi connectivity index (χ0v) is 12.9. The number of nitrogens with one attached hydrogen (secondary N) is 1. The van der Waals surface area contributed by atoms with Crippen molar-refractivity contribution in [3.05, 3.63) is 12.7 Å². The van der Waals surface area contributed by atoms with Crippen LogP contribution in [0, 0.1) is 0 Å². The molecule has 108 valence electrons. The highest BCUT2D eigenvalue weighted by Gasteiger charge is 2.14. The third kappa shape index (κ3) is 12.1. The third-order valence-electron chi connectivity index (χ3n) is 2.86. The molecule has 0 amide bonds. The van der Waals surface area contributed by atoms with Crippen LogP contribution in [-0.2, 0) is 4.74 Å². The van der Waals surface area contributed by atoms with Gasteiger partial charge in [-0.05, 0) is 53.0 Å². The second-order valence-corrected chi connectivity index (χ2v) is 6.00. The van der Waals surface area contributed by atoms with Gasteiger partial charge in [-0.15, -0.1) is 6.58 Å². The van der Waals surface area contributed by atoms with Crippen molar-refractivity contribution in [2.24, 2.45) is 0 Å². The second kappa shape index (κ2) is 10.6. The van der Waals surface area contributed by atoms with E-state index in [1.165, 1.54) is 32.1 Å². The Morgan fingerprint density at radius 2 is 1.94 bits per heavy atom. The topological polar surface area (TPSA) is 21.3 Å². The van der Waals surface area contributed by atoms with Crippen LogP contribution >= 0.6 is 0 Å². The Kier molecular flexibility index (Phi) is 10.4. The van der Waals surface area contributed by atoms with Gasteiger partial charge in [-0.1, -0.05) is 25.8 Å². The zero-order chi connectivity index (χ0) is 13.9. The first kappa shape index (κ1) is 17.7. The summed E-state index contributed by atoms with van der Waals surface area (Å²) in [4.78, 5) is 0. The molecule has 0 aromatic rings. The Morgan fingerprint density at radius 1 is 1.22 bits per heavy atom. The molecule has 2 nitrogen and oxygen atoms in total.